The van der Waals surface area contributed by atoms with Gasteiger partial charge in [-0.25, -0.2) is 34.3 Å². The number of amides is 3. The molecule has 0 aliphatic carbocycles. The second-order valence-corrected chi connectivity index (χ2v) is 21.2. The number of aromatic nitrogens is 13. The number of H-pyrrole nitrogens is 3. The molecule has 0 fully saturated rings. The van der Waals surface area contributed by atoms with E-state index in [0.29, 0.717) is 52.0 Å². The Morgan fingerprint density at radius 1 is 0.593 bits per heavy atom. The van der Waals surface area contributed by atoms with Gasteiger partial charge in [0.15, 0.2) is 22.6 Å². The zero-order chi connectivity index (χ0) is 56.1. The SMILES string of the molecule is CN1CCC=C(C(=O)Nc2cccc(CSc3ncnc4[nH]ncc34)c2)C1.Cc1cc(C(=O)Nc2cccc(CSc3ncnc4[nH]ncc34)c2)no1.Cc1ccc(F)cc1C(=O)Nc1cccc(CSc2ncnc3[nH]ncc23)c1. The highest BCUT2D eigenvalue weighted by Gasteiger charge is 2.17. The van der Waals surface area contributed by atoms with Crippen molar-refractivity contribution in [2.24, 2.45) is 0 Å². The molecule has 21 nitrogen and oxygen atoms in total. The maximum Gasteiger partial charge on any atom is 0.277 e. The largest absolute Gasteiger partial charge is 0.361 e. The number of benzene rings is 4. The number of thioether (sulfide) groups is 3. The van der Waals surface area contributed by atoms with Crippen LogP contribution in [0.2, 0.25) is 0 Å². The van der Waals surface area contributed by atoms with E-state index in [1.807, 2.05) is 79.9 Å². The van der Waals surface area contributed by atoms with Crippen LogP contribution in [-0.2, 0) is 22.1 Å². The summed E-state index contributed by atoms with van der Waals surface area (Å²) in [6.45, 7) is 5.21. The summed E-state index contributed by atoms with van der Waals surface area (Å²) in [5, 5.41) is 38.2. The molecule has 11 aromatic rings. The van der Waals surface area contributed by atoms with Gasteiger partial charge in [-0.15, -0.1) is 35.3 Å². The van der Waals surface area contributed by atoms with Gasteiger partial charge in [-0.05, 0) is 98.1 Å². The molecule has 0 radical (unpaired) electrons. The number of aryl methyl sites for hydroxylation is 2. The Morgan fingerprint density at radius 2 is 1.06 bits per heavy atom. The van der Waals surface area contributed by atoms with Crippen molar-refractivity contribution in [3.05, 3.63) is 191 Å². The molecule has 0 spiro atoms. The van der Waals surface area contributed by atoms with Gasteiger partial charge < -0.3 is 25.4 Å². The van der Waals surface area contributed by atoms with E-state index in [9.17, 15) is 18.8 Å². The van der Waals surface area contributed by atoms with Gasteiger partial charge in [0.05, 0.1) is 34.7 Å². The van der Waals surface area contributed by atoms with Crippen LogP contribution in [-0.4, -0.2) is 108 Å². The third-order valence-electron chi connectivity index (χ3n) is 12.3. The lowest BCUT2D eigenvalue weighted by molar-refractivity contribution is -0.113. The van der Waals surface area contributed by atoms with E-state index in [1.54, 1.807) is 85.9 Å². The number of nitrogens with one attached hydrogen (secondary N) is 6. The maximum absolute atomic E-state index is 13.5. The predicted octanol–water partition coefficient (Wildman–Crippen LogP) is 10.4. The Labute approximate surface area is 474 Å². The molecule has 81 heavy (non-hydrogen) atoms. The van der Waals surface area contributed by atoms with Crippen molar-refractivity contribution in [2.45, 2.75) is 52.6 Å². The third kappa shape index (κ3) is 14.6. The van der Waals surface area contributed by atoms with E-state index in [1.165, 1.54) is 31.1 Å². The molecule has 0 atom stereocenters. The maximum atomic E-state index is 13.5. The summed E-state index contributed by atoms with van der Waals surface area (Å²) in [5.41, 5.74) is 9.63. The molecule has 6 N–H and O–H groups in total. The summed E-state index contributed by atoms with van der Waals surface area (Å²) in [6.07, 6.45) is 12.7. The van der Waals surface area contributed by atoms with Crippen molar-refractivity contribution in [3.63, 3.8) is 0 Å². The molecule has 7 aromatic heterocycles. The number of aromatic amines is 3. The summed E-state index contributed by atoms with van der Waals surface area (Å²) in [5.74, 6) is 1.60. The van der Waals surface area contributed by atoms with Crippen molar-refractivity contribution in [1.29, 1.82) is 0 Å². The van der Waals surface area contributed by atoms with Gasteiger partial charge >= 0.3 is 0 Å². The number of likely N-dealkylation sites (N-methyl/N-ethyl adjacent to an activating group) is 1. The highest BCUT2D eigenvalue weighted by molar-refractivity contribution is 7.99. The summed E-state index contributed by atoms with van der Waals surface area (Å²) < 4.78 is 18.4. The van der Waals surface area contributed by atoms with Crippen LogP contribution in [0, 0.1) is 19.7 Å². The third-order valence-corrected chi connectivity index (χ3v) is 15.5. The minimum atomic E-state index is -0.434. The number of fused-ring (bicyclic) bond motifs is 3. The molecular formula is C56H50FN17O4S3. The zero-order valence-corrected chi connectivity index (χ0v) is 46.1. The first-order valence-corrected chi connectivity index (χ1v) is 28.0. The molecule has 1 aliphatic rings. The quantitative estimate of drug-likeness (QED) is 0.0411. The minimum absolute atomic E-state index is 0.0257. The molecule has 3 amide bonds. The standard InChI is InChI=1S/C20H16FN5OS.C19H20N6OS.C17H14N6O2S/c1-12-5-6-14(21)8-16(12)19(27)25-15-4-2-3-13(7-15)10-28-20-17-9-24-26-18(17)22-11-23-20;1-25-7-3-5-14(10-25)18(26)23-15-6-2-4-13(8-15)11-27-19-16-9-22-24-17(16)20-12-21-19;1-10-5-14(23-25-10)16(24)21-12-4-2-3-11(6-12)8-26-17-13-7-20-22-15(13)18-9-19-17/h2-9,11H,10H2,1H3,(H,25,27)(H,22,23,24,26);2,4-6,8-9,12H,3,7,10-11H2,1H3,(H,23,26)(H,20,21,22,24);2-7,9H,8H2,1H3,(H,21,24)(H,18,19,20,22). The average Bonchev–Trinajstić information content (AvgIpc) is 4.35. The van der Waals surface area contributed by atoms with E-state index in [4.69, 9.17) is 4.52 Å². The molecule has 8 heterocycles. The number of hydrogen-bond acceptors (Lipinski definition) is 18. The van der Waals surface area contributed by atoms with E-state index in [0.717, 1.165) is 89.1 Å². The van der Waals surface area contributed by atoms with Crippen LogP contribution in [0.4, 0.5) is 21.5 Å². The second kappa shape index (κ2) is 26.2. The van der Waals surface area contributed by atoms with E-state index >= 15 is 0 Å². The molecule has 0 bridgehead atoms. The fourth-order valence-electron chi connectivity index (χ4n) is 8.22. The highest BCUT2D eigenvalue weighted by Crippen LogP contribution is 2.30. The van der Waals surface area contributed by atoms with Crippen molar-refractivity contribution in [3.8, 4) is 0 Å². The van der Waals surface area contributed by atoms with Gasteiger partial charge in [-0.1, -0.05) is 53.7 Å². The van der Waals surface area contributed by atoms with E-state index in [-0.39, 0.29) is 23.4 Å². The number of halogens is 1. The second-order valence-electron chi connectivity index (χ2n) is 18.3. The lowest BCUT2D eigenvalue weighted by Crippen LogP contribution is -2.30. The fraction of sp³-hybridized carbons (Fsp3) is 0.161. The lowest BCUT2D eigenvalue weighted by atomic mass is 10.1. The molecule has 4 aromatic carbocycles. The molecule has 0 saturated carbocycles. The van der Waals surface area contributed by atoms with Gasteiger partial charge in [-0.2, -0.15) is 15.3 Å². The van der Waals surface area contributed by atoms with Crippen LogP contribution in [0.15, 0.2) is 166 Å². The van der Waals surface area contributed by atoms with Crippen molar-refractivity contribution in [1.82, 2.24) is 70.6 Å². The van der Waals surface area contributed by atoms with E-state index < -0.39 is 5.82 Å². The number of hydrogen-bond donors (Lipinski definition) is 6. The molecular weight excluding hydrogens is 1090 g/mol. The minimum Gasteiger partial charge on any atom is -0.361 e. The Bertz CT molecular complexity index is 4050. The Morgan fingerprint density at radius 3 is 1.52 bits per heavy atom. The fourth-order valence-corrected chi connectivity index (χ4v) is 10.9. The van der Waals surface area contributed by atoms with Crippen LogP contribution < -0.4 is 16.0 Å². The smallest absolute Gasteiger partial charge is 0.277 e. The van der Waals surface area contributed by atoms with Crippen LogP contribution in [0.3, 0.4) is 0 Å². The Balaban J connectivity index is 0.000000136. The molecule has 1 aliphatic heterocycles. The van der Waals surface area contributed by atoms with Gasteiger partial charge in [-0.3, -0.25) is 29.7 Å². The average molecular weight is 1140 g/mol. The first kappa shape index (κ1) is 55.2. The summed E-state index contributed by atoms with van der Waals surface area (Å²) in [7, 11) is 2.03. The molecule has 408 valence electrons. The van der Waals surface area contributed by atoms with Crippen molar-refractivity contribution in [2.75, 3.05) is 36.1 Å². The Kier molecular flexibility index (Phi) is 17.8. The van der Waals surface area contributed by atoms with Crippen LogP contribution in [0.25, 0.3) is 33.1 Å². The summed E-state index contributed by atoms with van der Waals surface area (Å²) in [4.78, 5) is 64.7. The lowest BCUT2D eigenvalue weighted by Gasteiger charge is -2.22. The van der Waals surface area contributed by atoms with Gasteiger partial charge in [0.2, 0.25) is 0 Å². The highest BCUT2D eigenvalue weighted by atomic mass is 32.2. The number of nitrogens with zero attached hydrogens (tertiary/aromatic N) is 11. The summed E-state index contributed by atoms with van der Waals surface area (Å²) in [6, 6.07) is 28.9. The number of rotatable bonds is 15. The Hall–Kier alpha value is -9.17. The normalized spacial score (nSPS) is 12.3. The van der Waals surface area contributed by atoms with Gasteiger partial charge in [0.25, 0.3) is 17.7 Å². The van der Waals surface area contributed by atoms with Crippen molar-refractivity contribution < 1.29 is 23.3 Å². The first-order chi connectivity index (χ1) is 39.5. The monoisotopic (exact) mass is 1140 g/mol. The molecule has 0 unspecified atom stereocenters. The van der Waals surface area contributed by atoms with Gasteiger partial charge in [0.1, 0.15) is 45.6 Å². The number of carbonyl (C=O) groups is 3. The van der Waals surface area contributed by atoms with Gasteiger partial charge in [0, 0.05) is 64.6 Å². The van der Waals surface area contributed by atoms with Crippen molar-refractivity contribution >= 4 is 103 Å². The van der Waals surface area contributed by atoms with Crippen LogP contribution in [0.1, 0.15) is 55.3 Å². The number of carbonyl (C=O) groups excluding carboxylic acids is 3. The number of anilines is 3. The zero-order valence-electron chi connectivity index (χ0n) is 43.7. The molecule has 0 saturated heterocycles. The molecule has 25 heteroatoms. The molecule has 12 rings (SSSR count). The van der Waals surface area contributed by atoms with Crippen LogP contribution >= 0.6 is 35.3 Å². The summed E-state index contributed by atoms with van der Waals surface area (Å²) >= 11 is 4.77. The van der Waals surface area contributed by atoms with E-state index in [2.05, 4.69) is 86.5 Å². The first-order valence-electron chi connectivity index (χ1n) is 25.1. The van der Waals surface area contributed by atoms with Crippen LogP contribution in [0.5, 0.6) is 0 Å². The predicted molar refractivity (Wildman–Crippen MR) is 310 cm³/mol. The topological polar surface area (TPSA) is 280 Å².